The van der Waals surface area contributed by atoms with Crippen LogP contribution in [0.3, 0.4) is 0 Å². The van der Waals surface area contributed by atoms with Gasteiger partial charge in [-0.05, 0) is 35.4 Å². The van der Waals surface area contributed by atoms with Gasteiger partial charge in [-0.15, -0.1) is 10.2 Å². The molecule has 0 aliphatic rings. The van der Waals surface area contributed by atoms with Crippen molar-refractivity contribution in [1.82, 2.24) is 20.2 Å². The van der Waals surface area contributed by atoms with Crippen molar-refractivity contribution >= 4 is 11.6 Å². The van der Waals surface area contributed by atoms with E-state index in [9.17, 15) is 0 Å². The molecule has 1 aromatic heterocycles. The minimum atomic E-state index is 0.507. The maximum Gasteiger partial charge on any atom is 0.204 e. The fraction of sp³-hybridized carbons (Fsp3) is 0.364. The first kappa shape index (κ1) is 11.1. The minimum absolute atomic E-state index is 0.507. The van der Waals surface area contributed by atoms with Gasteiger partial charge in [-0.3, -0.25) is 0 Å². The molecule has 1 aromatic carbocycles. The molecule has 5 heteroatoms. The van der Waals surface area contributed by atoms with E-state index in [1.807, 2.05) is 24.3 Å². The topological polar surface area (TPSA) is 43.6 Å². The Balaban J connectivity index is 2.21. The van der Waals surface area contributed by atoms with Gasteiger partial charge < -0.3 is 0 Å². The third kappa shape index (κ3) is 2.58. The van der Waals surface area contributed by atoms with E-state index in [1.165, 1.54) is 0 Å². The molecule has 2 rings (SSSR count). The average Bonchev–Trinajstić information content (AvgIpc) is 2.66. The van der Waals surface area contributed by atoms with E-state index in [1.54, 1.807) is 4.80 Å². The van der Waals surface area contributed by atoms with Crippen molar-refractivity contribution in [2.24, 2.45) is 5.92 Å². The summed E-state index contributed by atoms with van der Waals surface area (Å²) in [4.78, 5) is 1.62. The largest absolute Gasteiger partial charge is 0.204 e. The molecule has 0 spiro atoms. The Hall–Kier alpha value is -1.42. The monoisotopic (exact) mass is 236 g/mol. The Bertz CT molecular complexity index is 461. The van der Waals surface area contributed by atoms with E-state index >= 15 is 0 Å². The molecule has 0 saturated carbocycles. The Morgan fingerprint density at radius 2 is 1.94 bits per heavy atom. The van der Waals surface area contributed by atoms with Gasteiger partial charge in [-0.2, -0.15) is 4.80 Å². The molecular formula is C11H13ClN4. The standard InChI is InChI=1S/C11H13ClN4/c1-8(2)7-16-14-11(13-15-16)9-3-5-10(12)6-4-9/h3-6,8H,7H2,1-2H3. The molecule has 0 amide bonds. The number of hydrogen-bond acceptors (Lipinski definition) is 3. The van der Waals surface area contributed by atoms with E-state index in [-0.39, 0.29) is 0 Å². The lowest BCUT2D eigenvalue weighted by atomic mass is 10.2. The van der Waals surface area contributed by atoms with Crippen molar-refractivity contribution < 1.29 is 0 Å². The van der Waals surface area contributed by atoms with E-state index in [2.05, 4.69) is 29.3 Å². The number of aromatic nitrogens is 4. The highest BCUT2D eigenvalue weighted by Crippen LogP contribution is 2.16. The normalized spacial score (nSPS) is 11.0. The lowest BCUT2D eigenvalue weighted by Crippen LogP contribution is -2.07. The highest BCUT2D eigenvalue weighted by Gasteiger charge is 2.06. The minimum Gasteiger partial charge on any atom is -0.164 e. The van der Waals surface area contributed by atoms with Gasteiger partial charge >= 0.3 is 0 Å². The predicted octanol–water partition coefficient (Wildman–Crippen LogP) is 2.65. The van der Waals surface area contributed by atoms with E-state index in [0.717, 1.165) is 12.1 Å². The second-order valence-electron chi connectivity index (χ2n) is 4.07. The van der Waals surface area contributed by atoms with Crippen LogP contribution in [0.2, 0.25) is 5.02 Å². The van der Waals surface area contributed by atoms with Gasteiger partial charge in [-0.25, -0.2) is 0 Å². The summed E-state index contributed by atoms with van der Waals surface area (Å²) in [5.41, 5.74) is 0.930. The van der Waals surface area contributed by atoms with Gasteiger partial charge in [0.15, 0.2) is 0 Å². The van der Waals surface area contributed by atoms with Crippen LogP contribution in [0.1, 0.15) is 13.8 Å². The SMILES string of the molecule is CC(C)Cn1nnc(-c2ccc(Cl)cc2)n1. The molecule has 1 heterocycles. The van der Waals surface area contributed by atoms with Crippen molar-refractivity contribution in [1.29, 1.82) is 0 Å². The molecule has 0 aliphatic carbocycles. The lowest BCUT2D eigenvalue weighted by Gasteiger charge is -2.00. The second kappa shape index (κ2) is 4.61. The Labute approximate surface area is 99.2 Å². The van der Waals surface area contributed by atoms with Gasteiger partial charge in [-0.1, -0.05) is 25.4 Å². The van der Waals surface area contributed by atoms with Crippen molar-refractivity contribution in [2.75, 3.05) is 0 Å². The molecule has 0 saturated heterocycles. The van der Waals surface area contributed by atoms with Crippen LogP contribution in [0.25, 0.3) is 11.4 Å². The summed E-state index contributed by atoms with van der Waals surface area (Å²) in [7, 11) is 0. The molecule has 84 valence electrons. The van der Waals surface area contributed by atoms with Crippen LogP contribution in [0, 0.1) is 5.92 Å². The van der Waals surface area contributed by atoms with E-state index < -0.39 is 0 Å². The smallest absolute Gasteiger partial charge is 0.164 e. The number of rotatable bonds is 3. The van der Waals surface area contributed by atoms with Gasteiger partial charge in [0.05, 0.1) is 6.54 Å². The van der Waals surface area contributed by atoms with Crippen molar-refractivity contribution in [2.45, 2.75) is 20.4 Å². The van der Waals surface area contributed by atoms with Crippen molar-refractivity contribution in [3.05, 3.63) is 29.3 Å². The van der Waals surface area contributed by atoms with Crippen LogP contribution in [-0.2, 0) is 6.54 Å². The predicted molar refractivity (Wildman–Crippen MR) is 63.1 cm³/mol. The van der Waals surface area contributed by atoms with Gasteiger partial charge in [0, 0.05) is 10.6 Å². The molecule has 2 aromatic rings. The third-order valence-corrected chi connectivity index (χ3v) is 2.34. The summed E-state index contributed by atoms with van der Waals surface area (Å²) >= 11 is 5.81. The van der Waals surface area contributed by atoms with Crippen LogP contribution in [0.4, 0.5) is 0 Å². The highest BCUT2D eigenvalue weighted by molar-refractivity contribution is 6.30. The maximum atomic E-state index is 5.81. The van der Waals surface area contributed by atoms with Gasteiger partial charge in [0.2, 0.25) is 5.82 Å². The third-order valence-electron chi connectivity index (χ3n) is 2.08. The first-order valence-electron chi connectivity index (χ1n) is 5.19. The Morgan fingerprint density at radius 3 is 2.56 bits per heavy atom. The fourth-order valence-electron chi connectivity index (χ4n) is 1.36. The number of nitrogens with zero attached hydrogens (tertiary/aromatic N) is 4. The van der Waals surface area contributed by atoms with Crippen LogP contribution < -0.4 is 0 Å². The van der Waals surface area contributed by atoms with E-state index in [4.69, 9.17) is 11.6 Å². The highest BCUT2D eigenvalue weighted by atomic mass is 35.5. The summed E-state index contributed by atoms with van der Waals surface area (Å²) < 4.78 is 0. The van der Waals surface area contributed by atoms with Crippen LogP contribution in [0.5, 0.6) is 0 Å². The molecule has 4 nitrogen and oxygen atoms in total. The number of benzene rings is 1. The first-order chi connectivity index (χ1) is 7.65. The summed E-state index contributed by atoms with van der Waals surface area (Å²) in [6.07, 6.45) is 0. The summed E-state index contributed by atoms with van der Waals surface area (Å²) in [6.45, 7) is 5.01. The molecule has 0 radical (unpaired) electrons. The maximum absolute atomic E-state index is 5.81. The van der Waals surface area contributed by atoms with Crippen molar-refractivity contribution in [3.8, 4) is 11.4 Å². The second-order valence-corrected chi connectivity index (χ2v) is 4.51. The summed E-state index contributed by atoms with van der Waals surface area (Å²) in [5.74, 6) is 1.14. The summed E-state index contributed by atoms with van der Waals surface area (Å²) in [5, 5.41) is 13.0. The average molecular weight is 237 g/mol. The van der Waals surface area contributed by atoms with Crippen molar-refractivity contribution in [3.63, 3.8) is 0 Å². The molecule has 0 N–H and O–H groups in total. The molecule has 0 bridgehead atoms. The molecular weight excluding hydrogens is 224 g/mol. The van der Waals surface area contributed by atoms with Gasteiger partial charge in [0.25, 0.3) is 0 Å². The van der Waals surface area contributed by atoms with E-state index in [0.29, 0.717) is 16.8 Å². The summed E-state index contributed by atoms with van der Waals surface area (Å²) in [6, 6.07) is 7.41. The zero-order chi connectivity index (χ0) is 11.5. The zero-order valence-corrected chi connectivity index (χ0v) is 10.0. The fourth-order valence-corrected chi connectivity index (χ4v) is 1.49. The Morgan fingerprint density at radius 1 is 1.25 bits per heavy atom. The number of tetrazole rings is 1. The van der Waals surface area contributed by atoms with Crippen LogP contribution >= 0.6 is 11.6 Å². The molecule has 0 atom stereocenters. The zero-order valence-electron chi connectivity index (χ0n) is 9.26. The first-order valence-corrected chi connectivity index (χ1v) is 5.56. The quantitative estimate of drug-likeness (QED) is 0.823. The molecule has 0 aliphatic heterocycles. The molecule has 0 unspecified atom stereocenters. The lowest BCUT2D eigenvalue weighted by molar-refractivity contribution is 0.430. The Kier molecular flexibility index (Phi) is 3.19. The van der Waals surface area contributed by atoms with Crippen LogP contribution in [-0.4, -0.2) is 20.2 Å². The molecule has 0 fully saturated rings. The van der Waals surface area contributed by atoms with Gasteiger partial charge in [0.1, 0.15) is 0 Å². The molecule has 16 heavy (non-hydrogen) atoms. The number of halogens is 1. The number of hydrogen-bond donors (Lipinski definition) is 0. The van der Waals surface area contributed by atoms with Crippen LogP contribution in [0.15, 0.2) is 24.3 Å².